The molecule has 0 amide bonds. The first-order chi connectivity index (χ1) is 13.2. The average molecular weight is 434 g/mol. The molecule has 0 radical (unpaired) electrons. The summed E-state index contributed by atoms with van der Waals surface area (Å²) in [6, 6.07) is 0.522. The second-order valence-electron chi connectivity index (χ2n) is 6.48. The van der Waals surface area contributed by atoms with Gasteiger partial charge in [-0.2, -0.15) is 5.10 Å². The average Bonchev–Trinajstić information content (AvgIpc) is 2.90. The van der Waals surface area contributed by atoms with Gasteiger partial charge < -0.3 is 16.3 Å². The van der Waals surface area contributed by atoms with Gasteiger partial charge in [-0.15, -0.1) is 0 Å². The summed E-state index contributed by atoms with van der Waals surface area (Å²) in [4.78, 5) is 8.18. The van der Waals surface area contributed by atoms with Gasteiger partial charge in [0.25, 0.3) is 0 Å². The maximum atomic E-state index is 8.72. The number of aliphatic hydroxyl groups excluding tert-OH is 1. The summed E-state index contributed by atoms with van der Waals surface area (Å²) >= 11 is 3.47. The number of hydrogen-bond acceptors (Lipinski definition) is 6. The summed E-state index contributed by atoms with van der Waals surface area (Å²) < 4.78 is 1.18. The van der Waals surface area contributed by atoms with E-state index in [0.717, 1.165) is 24.2 Å². The van der Waals surface area contributed by atoms with Crippen LogP contribution in [-0.2, 0) is 0 Å². The molecular formula is C20H28BrN5O. The summed E-state index contributed by atoms with van der Waals surface area (Å²) in [7, 11) is 0. The van der Waals surface area contributed by atoms with Crippen LogP contribution in [0.1, 0.15) is 50.5 Å². The van der Waals surface area contributed by atoms with Crippen LogP contribution in [0.3, 0.4) is 0 Å². The van der Waals surface area contributed by atoms with Crippen molar-refractivity contribution in [2.45, 2.75) is 51.0 Å². The zero-order valence-electron chi connectivity index (χ0n) is 15.5. The van der Waals surface area contributed by atoms with Crippen LogP contribution in [0, 0.1) is 0 Å². The smallest absolute Gasteiger partial charge is 0.138 e. The Kier molecular flexibility index (Phi) is 9.79. The van der Waals surface area contributed by atoms with Crippen LogP contribution in [0.4, 0.5) is 5.82 Å². The van der Waals surface area contributed by atoms with E-state index in [0.29, 0.717) is 6.04 Å². The Bertz CT molecular complexity index is 693. The number of hydrazone groups is 1. The molecular weight excluding hydrogens is 406 g/mol. The van der Waals surface area contributed by atoms with Crippen molar-refractivity contribution in [1.29, 1.82) is 0 Å². The largest absolute Gasteiger partial charge is 0.396 e. The molecule has 146 valence electrons. The molecule has 1 fully saturated rings. The van der Waals surface area contributed by atoms with Crippen LogP contribution in [0.25, 0.3) is 0 Å². The second-order valence-corrected chi connectivity index (χ2v) is 7.44. The fourth-order valence-corrected chi connectivity index (χ4v) is 3.58. The SMILES string of the molecule is N/N=C\c1cncnc1NC1CCCCC1.OCCC1=C(Br)CC=CC=C1. The van der Waals surface area contributed by atoms with Gasteiger partial charge in [0.2, 0.25) is 0 Å². The Hall–Kier alpha value is -1.99. The van der Waals surface area contributed by atoms with Crippen molar-refractivity contribution in [1.82, 2.24) is 9.97 Å². The molecule has 0 bridgehead atoms. The van der Waals surface area contributed by atoms with Crippen LogP contribution >= 0.6 is 15.9 Å². The molecule has 27 heavy (non-hydrogen) atoms. The third kappa shape index (κ3) is 7.64. The van der Waals surface area contributed by atoms with Gasteiger partial charge in [0.05, 0.1) is 11.8 Å². The predicted molar refractivity (Wildman–Crippen MR) is 115 cm³/mol. The molecule has 1 saturated carbocycles. The lowest BCUT2D eigenvalue weighted by Crippen LogP contribution is -2.23. The molecule has 0 atom stereocenters. The summed E-state index contributed by atoms with van der Waals surface area (Å²) in [5.74, 6) is 5.98. The number of aliphatic hydroxyl groups is 1. The number of nitrogens with one attached hydrogen (secondary N) is 1. The minimum atomic E-state index is 0.217. The third-order valence-electron chi connectivity index (χ3n) is 4.47. The van der Waals surface area contributed by atoms with E-state index in [1.54, 1.807) is 18.7 Å². The lowest BCUT2D eigenvalue weighted by atomic mass is 9.95. The van der Waals surface area contributed by atoms with E-state index >= 15 is 0 Å². The number of rotatable bonds is 5. The normalized spacial score (nSPS) is 17.6. The fourth-order valence-electron chi connectivity index (χ4n) is 3.06. The van der Waals surface area contributed by atoms with Gasteiger partial charge in [-0.3, -0.25) is 0 Å². The molecule has 1 aromatic rings. The number of anilines is 1. The van der Waals surface area contributed by atoms with Crippen molar-refractivity contribution in [3.8, 4) is 0 Å². The number of nitrogens with two attached hydrogens (primary N) is 1. The number of allylic oxidation sites excluding steroid dienone is 5. The molecule has 6 nitrogen and oxygen atoms in total. The molecule has 0 unspecified atom stereocenters. The molecule has 1 heterocycles. The highest BCUT2D eigenvalue weighted by Crippen LogP contribution is 2.23. The highest BCUT2D eigenvalue weighted by atomic mass is 79.9. The first-order valence-corrected chi connectivity index (χ1v) is 10.1. The Morgan fingerprint density at radius 3 is 2.85 bits per heavy atom. The van der Waals surface area contributed by atoms with Gasteiger partial charge in [0, 0.05) is 23.3 Å². The fraction of sp³-hybridized carbons (Fsp3) is 0.450. The Balaban J connectivity index is 0.000000208. The molecule has 0 aromatic carbocycles. The molecule has 0 spiro atoms. The highest BCUT2D eigenvalue weighted by Gasteiger charge is 2.14. The summed E-state index contributed by atoms with van der Waals surface area (Å²) in [6.45, 7) is 0.217. The van der Waals surface area contributed by atoms with Crippen LogP contribution in [0.2, 0.25) is 0 Å². The lowest BCUT2D eigenvalue weighted by Gasteiger charge is -2.23. The van der Waals surface area contributed by atoms with E-state index in [9.17, 15) is 0 Å². The van der Waals surface area contributed by atoms with Crippen molar-refractivity contribution < 1.29 is 5.11 Å². The van der Waals surface area contributed by atoms with Gasteiger partial charge in [0.1, 0.15) is 12.1 Å². The third-order valence-corrected chi connectivity index (χ3v) is 5.30. The van der Waals surface area contributed by atoms with Gasteiger partial charge in [-0.05, 0) is 31.3 Å². The molecule has 1 aromatic heterocycles. The molecule has 0 saturated heterocycles. The van der Waals surface area contributed by atoms with Crippen molar-refractivity contribution in [3.63, 3.8) is 0 Å². The number of nitrogens with zero attached hydrogens (tertiary/aromatic N) is 3. The molecule has 4 N–H and O–H groups in total. The minimum absolute atomic E-state index is 0.217. The molecule has 3 rings (SSSR count). The minimum Gasteiger partial charge on any atom is -0.396 e. The van der Waals surface area contributed by atoms with E-state index < -0.39 is 0 Å². The van der Waals surface area contributed by atoms with E-state index in [1.165, 1.54) is 42.2 Å². The van der Waals surface area contributed by atoms with Crippen LogP contribution < -0.4 is 11.2 Å². The van der Waals surface area contributed by atoms with E-state index in [-0.39, 0.29) is 6.61 Å². The van der Waals surface area contributed by atoms with Gasteiger partial charge >= 0.3 is 0 Å². The maximum Gasteiger partial charge on any atom is 0.138 e. The van der Waals surface area contributed by atoms with Crippen molar-refractivity contribution >= 4 is 28.0 Å². The zero-order valence-corrected chi connectivity index (χ0v) is 17.1. The van der Waals surface area contributed by atoms with E-state index in [4.69, 9.17) is 10.9 Å². The topological polar surface area (TPSA) is 96.4 Å². The first-order valence-electron chi connectivity index (χ1n) is 9.36. The Labute approximate surface area is 169 Å². The number of hydrogen-bond donors (Lipinski definition) is 3. The number of aromatic nitrogens is 2. The maximum absolute atomic E-state index is 8.72. The molecule has 2 aliphatic rings. The zero-order chi connectivity index (χ0) is 19.3. The number of halogens is 1. The summed E-state index contributed by atoms with van der Waals surface area (Å²) in [5, 5.41) is 15.7. The van der Waals surface area contributed by atoms with Gasteiger partial charge in [-0.1, -0.05) is 59.5 Å². The summed E-state index contributed by atoms with van der Waals surface area (Å²) in [5.41, 5.74) is 2.04. The van der Waals surface area contributed by atoms with Crippen LogP contribution in [-0.4, -0.2) is 33.9 Å². The summed E-state index contributed by atoms with van der Waals surface area (Å²) in [6.07, 6.45) is 21.0. The Morgan fingerprint density at radius 2 is 2.11 bits per heavy atom. The van der Waals surface area contributed by atoms with E-state index in [2.05, 4.69) is 42.4 Å². The van der Waals surface area contributed by atoms with Gasteiger partial charge in [0.15, 0.2) is 0 Å². The highest BCUT2D eigenvalue weighted by molar-refractivity contribution is 9.11. The monoisotopic (exact) mass is 433 g/mol. The molecule has 7 heteroatoms. The lowest BCUT2D eigenvalue weighted by molar-refractivity contribution is 0.300. The van der Waals surface area contributed by atoms with Crippen molar-refractivity contribution in [2.24, 2.45) is 10.9 Å². The quantitative estimate of drug-likeness (QED) is 0.369. The van der Waals surface area contributed by atoms with Crippen LogP contribution in [0.15, 0.2) is 52.0 Å². The van der Waals surface area contributed by atoms with Crippen molar-refractivity contribution in [3.05, 3.63) is 52.4 Å². The standard InChI is InChI=1S/C11H17N5.C9H11BrO/c12-15-7-9-6-13-8-14-11(9)16-10-4-2-1-3-5-10;10-9-5-3-1-2-4-8(9)6-7-11/h6-8,10H,1-5,12H2,(H,13,14,16);1-4,11H,5-7H2/b15-7-;. The van der Waals surface area contributed by atoms with E-state index in [1.807, 2.05) is 18.2 Å². The Morgan fingerprint density at radius 1 is 1.30 bits per heavy atom. The van der Waals surface area contributed by atoms with Gasteiger partial charge in [-0.25, -0.2) is 9.97 Å². The van der Waals surface area contributed by atoms with Crippen molar-refractivity contribution in [2.75, 3.05) is 11.9 Å². The van der Waals surface area contributed by atoms with Crippen LogP contribution in [0.5, 0.6) is 0 Å². The molecule has 0 aliphatic heterocycles. The first kappa shape index (κ1) is 21.3. The second kappa shape index (κ2) is 12.4. The molecule has 2 aliphatic carbocycles. The predicted octanol–water partition coefficient (Wildman–Crippen LogP) is 4.05.